The highest BCUT2D eigenvalue weighted by Crippen LogP contribution is 2.15. The fraction of sp³-hybridized carbons (Fsp3) is 0.691. The van der Waals surface area contributed by atoms with Crippen LogP contribution >= 0.6 is 0 Å². The SMILES string of the molecule is CC/C=C/C/C=C/C/C=C/C/C=C/CCCCCCCCCC(=O)OCC(COCCC(C(=O)O)[N+](C)(C)C)OC(=O)CCCCCCCCCCC/C=C/C/C=C/C/C=C/CC. The summed E-state index contributed by atoms with van der Waals surface area (Å²) in [5, 5.41) is 9.65. The van der Waals surface area contributed by atoms with Crippen LogP contribution in [0.3, 0.4) is 0 Å². The summed E-state index contributed by atoms with van der Waals surface area (Å²) in [6.07, 6.45) is 59.1. The number of quaternary nitrogens is 1. The molecule has 360 valence electrons. The quantitative estimate of drug-likeness (QED) is 0.0282. The van der Waals surface area contributed by atoms with Gasteiger partial charge in [-0.3, -0.25) is 9.59 Å². The van der Waals surface area contributed by atoms with Crippen LogP contribution in [-0.2, 0) is 28.6 Å². The van der Waals surface area contributed by atoms with E-state index in [0.29, 0.717) is 19.3 Å². The van der Waals surface area contributed by atoms with Crippen LogP contribution in [0.25, 0.3) is 0 Å². The van der Waals surface area contributed by atoms with Crippen LogP contribution in [0, 0.1) is 0 Å². The number of carbonyl (C=O) groups excluding carboxylic acids is 2. The Balaban J connectivity index is 4.30. The van der Waals surface area contributed by atoms with Gasteiger partial charge in [0.2, 0.25) is 0 Å². The molecule has 2 unspecified atom stereocenters. The lowest BCUT2D eigenvalue weighted by Crippen LogP contribution is -2.50. The molecule has 0 aliphatic carbocycles. The Morgan fingerprint density at radius 2 is 0.841 bits per heavy atom. The summed E-state index contributed by atoms with van der Waals surface area (Å²) in [6, 6.07) is -0.622. The number of carboxylic acids is 1. The number of carbonyl (C=O) groups is 3. The van der Waals surface area contributed by atoms with Crippen molar-refractivity contribution in [3.05, 3.63) is 85.1 Å². The number of ether oxygens (including phenoxy) is 3. The van der Waals surface area contributed by atoms with Crippen molar-refractivity contribution in [1.82, 2.24) is 0 Å². The van der Waals surface area contributed by atoms with Crippen LogP contribution in [0.1, 0.15) is 194 Å². The predicted octanol–water partition coefficient (Wildman–Crippen LogP) is 14.5. The highest BCUT2D eigenvalue weighted by molar-refractivity contribution is 5.72. The lowest BCUT2D eigenvalue weighted by atomic mass is 10.1. The van der Waals surface area contributed by atoms with Crippen LogP contribution in [0.15, 0.2) is 85.1 Å². The lowest BCUT2D eigenvalue weighted by molar-refractivity contribution is -0.887. The van der Waals surface area contributed by atoms with Gasteiger partial charge in [-0.1, -0.05) is 176 Å². The Morgan fingerprint density at radius 3 is 1.24 bits per heavy atom. The van der Waals surface area contributed by atoms with Gasteiger partial charge in [0, 0.05) is 19.3 Å². The van der Waals surface area contributed by atoms with Gasteiger partial charge in [-0.25, -0.2) is 4.79 Å². The van der Waals surface area contributed by atoms with E-state index < -0.39 is 18.1 Å². The van der Waals surface area contributed by atoms with Crippen molar-refractivity contribution in [2.45, 2.75) is 206 Å². The van der Waals surface area contributed by atoms with E-state index in [1.54, 1.807) is 0 Å². The van der Waals surface area contributed by atoms with Gasteiger partial charge < -0.3 is 23.8 Å². The molecular weight excluding hydrogens is 787 g/mol. The summed E-state index contributed by atoms with van der Waals surface area (Å²) in [4.78, 5) is 37.2. The van der Waals surface area contributed by atoms with Gasteiger partial charge in [-0.15, -0.1) is 0 Å². The molecular formula is C55H94NO7+. The molecule has 0 aromatic heterocycles. The second kappa shape index (κ2) is 45.1. The van der Waals surface area contributed by atoms with Crippen molar-refractivity contribution in [3.63, 3.8) is 0 Å². The molecule has 0 bridgehead atoms. The van der Waals surface area contributed by atoms with Crippen LogP contribution in [-0.4, -0.2) is 80.6 Å². The molecule has 8 nitrogen and oxygen atoms in total. The van der Waals surface area contributed by atoms with Gasteiger partial charge in [0.05, 0.1) is 34.4 Å². The summed E-state index contributed by atoms with van der Waals surface area (Å²) >= 11 is 0. The molecule has 0 saturated carbocycles. The fourth-order valence-electron chi connectivity index (χ4n) is 6.98. The summed E-state index contributed by atoms with van der Waals surface area (Å²) < 4.78 is 17.3. The molecule has 0 rings (SSSR count). The number of hydrogen-bond acceptors (Lipinski definition) is 6. The maximum absolute atomic E-state index is 12.8. The third-order valence-electron chi connectivity index (χ3n) is 10.8. The molecule has 0 fully saturated rings. The number of esters is 2. The zero-order valence-corrected chi connectivity index (χ0v) is 41.0. The monoisotopic (exact) mass is 881 g/mol. The number of unbranched alkanes of at least 4 members (excludes halogenated alkanes) is 16. The number of hydrogen-bond donors (Lipinski definition) is 1. The van der Waals surface area contributed by atoms with Gasteiger partial charge in [0.25, 0.3) is 0 Å². The molecule has 2 atom stereocenters. The third kappa shape index (κ3) is 43.5. The van der Waals surface area contributed by atoms with E-state index in [1.165, 1.54) is 64.2 Å². The van der Waals surface area contributed by atoms with E-state index in [4.69, 9.17) is 14.2 Å². The van der Waals surface area contributed by atoms with Crippen molar-refractivity contribution in [1.29, 1.82) is 0 Å². The maximum Gasteiger partial charge on any atom is 0.362 e. The lowest BCUT2D eigenvalue weighted by Gasteiger charge is -2.31. The van der Waals surface area contributed by atoms with E-state index in [9.17, 15) is 19.5 Å². The average Bonchev–Trinajstić information content (AvgIpc) is 3.24. The Bertz CT molecular complexity index is 1300. The zero-order valence-electron chi connectivity index (χ0n) is 41.0. The number of carboxylic acid groups (broad SMARTS) is 1. The largest absolute Gasteiger partial charge is 0.477 e. The average molecular weight is 881 g/mol. The molecule has 0 saturated heterocycles. The Hall–Kier alpha value is -3.49. The molecule has 0 aliphatic heterocycles. The first-order valence-corrected chi connectivity index (χ1v) is 25.1. The topological polar surface area (TPSA) is 99.1 Å². The normalized spacial score (nSPS) is 13.6. The van der Waals surface area contributed by atoms with Crippen LogP contribution in [0.2, 0.25) is 0 Å². The van der Waals surface area contributed by atoms with Gasteiger partial charge >= 0.3 is 17.9 Å². The number of rotatable bonds is 44. The minimum atomic E-state index is -0.880. The van der Waals surface area contributed by atoms with Gasteiger partial charge in [-0.2, -0.15) is 0 Å². The highest BCUT2D eigenvalue weighted by Gasteiger charge is 2.31. The Kier molecular flexibility index (Phi) is 42.6. The van der Waals surface area contributed by atoms with Crippen molar-refractivity contribution in [2.24, 2.45) is 0 Å². The van der Waals surface area contributed by atoms with E-state index in [1.807, 2.05) is 21.1 Å². The molecule has 1 N–H and O–H groups in total. The Morgan fingerprint density at radius 1 is 0.476 bits per heavy atom. The summed E-state index contributed by atoms with van der Waals surface area (Å²) in [7, 11) is 5.52. The number of likely N-dealkylation sites (N-methyl/N-ethyl adjacent to an activating group) is 1. The summed E-state index contributed by atoms with van der Waals surface area (Å²) in [6.45, 7) is 4.50. The number of nitrogens with zero attached hydrogens (tertiary/aromatic N) is 1. The number of allylic oxidation sites excluding steroid dienone is 14. The smallest absolute Gasteiger partial charge is 0.362 e. The molecule has 0 aromatic rings. The van der Waals surface area contributed by atoms with Gasteiger partial charge in [0.1, 0.15) is 6.61 Å². The summed E-state index contributed by atoms with van der Waals surface area (Å²) in [5.41, 5.74) is 0. The maximum atomic E-state index is 12.8. The van der Waals surface area contributed by atoms with Crippen molar-refractivity contribution in [3.8, 4) is 0 Å². The minimum absolute atomic E-state index is 0.0512. The van der Waals surface area contributed by atoms with E-state index in [2.05, 4.69) is 98.9 Å². The molecule has 8 heteroatoms. The van der Waals surface area contributed by atoms with Crippen molar-refractivity contribution >= 4 is 17.9 Å². The third-order valence-corrected chi connectivity index (χ3v) is 10.8. The first-order chi connectivity index (χ1) is 30.6. The summed E-state index contributed by atoms with van der Waals surface area (Å²) in [5.74, 6) is -1.49. The van der Waals surface area contributed by atoms with E-state index >= 15 is 0 Å². The molecule has 0 spiro atoms. The molecule has 0 aromatic carbocycles. The zero-order chi connectivity index (χ0) is 46.3. The van der Waals surface area contributed by atoms with Crippen LogP contribution < -0.4 is 0 Å². The van der Waals surface area contributed by atoms with Crippen molar-refractivity contribution in [2.75, 3.05) is 41.0 Å². The second-order valence-corrected chi connectivity index (χ2v) is 17.7. The minimum Gasteiger partial charge on any atom is -0.477 e. The second-order valence-electron chi connectivity index (χ2n) is 17.7. The molecule has 0 radical (unpaired) electrons. The standard InChI is InChI=1S/C55H93NO7/c1-6-8-10-12-14-16-18-20-22-24-26-28-29-31-33-35-37-39-41-43-45-53(57)62-50-51(49-61-48-47-52(55(59)60)56(3,4)5)63-54(58)46-44-42-40-38-36-34-32-30-27-25-23-21-19-17-15-13-11-9-7-2/h8-11,14-17,20-23,26,28,51-52H,6-7,12-13,18-19,24-25,27,29-50H2,1-5H3/p+1/b10-8+,11-9+,16-14+,17-15+,22-20+,23-21+,28-26+. The van der Waals surface area contributed by atoms with E-state index in [0.717, 1.165) is 96.3 Å². The van der Waals surface area contributed by atoms with Gasteiger partial charge in [-0.05, 0) is 83.5 Å². The van der Waals surface area contributed by atoms with E-state index in [-0.39, 0.29) is 36.2 Å². The van der Waals surface area contributed by atoms with Crippen LogP contribution in [0.4, 0.5) is 0 Å². The van der Waals surface area contributed by atoms with Crippen molar-refractivity contribution < 1.29 is 38.2 Å². The Labute approximate surface area is 386 Å². The molecule has 0 amide bonds. The highest BCUT2D eigenvalue weighted by atomic mass is 16.6. The fourth-order valence-corrected chi connectivity index (χ4v) is 6.98. The first kappa shape index (κ1) is 59.5. The molecule has 0 aliphatic rings. The predicted molar refractivity (Wildman–Crippen MR) is 266 cm³/mol. The first-order valence-electron chi connectivity index (χ1n) is 25.1. The van der Waals surface area contributed by atoms with Gasteiger partial charge in [0.15, 0.2) is 12.1 Å². The van der Waals surface area contributed by atoms with Crippen LogP contribution in [0.5, 0.6) is 0 Å². The molecule has 63 heavy (non-hydrogen) atoms. The number of aliphatic carboxylic acids is 1. The molecule has 0 heterocycles.